The van der Waals surface area contributed by atoms with Crippen molar-refractivity contribution in [1.29, 1.82) is 0 Å². The first-order chi connectivity index (χ1) is 14.6. The number of aromatic amines is 1. The molecule has 1 N–H and O–H groups in total. The number of esters is 1. The number of carbonyl (C=O) groups is 1. The van der Waals surface area contributed by atoms with Gasteiger partial charge in [0.05, 0.1) is 11.3 Å². The van der Waals surface area contributed by atoms with Crippen molar-refractivity contribution < 1.29 is 9.53 Å². The Bertz CT molecular complexity index is 1290. The molecule has 4 aromatic rings. The Hall–Kier alpha value is -4.20. The second kappa shape index (κ2) is 8.44. The topological polar surface area (TPSA) is 99.0 Å². The summed E-state index contributed by atoms with van der Waals surface area (Å²) in [5.74, 6) is 0.0596. The van der Waals surface area contributed by atoms with Crippen molar-refractivity contribution in [3.05, 3.63) is 117 Å². The van der Waals surface area contributed by atoms with E-state index >= 15 is 0 Å². The third-order valence-corrected chi connectivity index (χ3v) is 4.49. The van der Waals surface area contributed by atoms with Crippen LogP contribution < -0.4 is 11.1 Å². The number of H-pyrrole nitrogens is 1. The standard InChI is InChI=1S/C22H18N4O4/c27-20-9-10-21(28)26(24-20)18-8-4-7-17(13-18)22(29)30-15-19-23-11-12-25(19)14-16-5-2-1-3-6-16/h1-13H,14-15H2,(H,24,27). The summed E-state index contributed by atoms with van der Waals surface area (Å²) >= 11 is 0. The van der Waals surface area contributed by atoms with Gasteiger partial charge in [-0.05, 0) is 23.8 Å². The minimum Gasteiger partial charge on any atom is -0.454 e. The smallest absolute Gasteiger partial charge is 0.338 e. The Morgan fingerprint density at radius 1 is 1.00 bits per heavy atom. The van der Waals surface area contributed by atoms with E-state index in [0.29, 0.717) is 18.1 Å². The number of rotatable bonds is 6. The molecule has 0 saturated heterocycles. The van der Waals surface area contributed by atoms with E-state index in [1.807, 2.05) is 41.1 Å². The van der Waals surface area contributed by atoms with Gasteiger partial charge in [0.25, 0.3) is 11.1 Å². The molecule has 2 heterocycles. The van der Waals surface area contributed by atoms with Gasteiger partial charge in [0, 0.05) is 31.1 Å². The summed E-state index contributed by atoms with van der Waals surface area (Å²) in [7, 11) is 0. The van der Waals surface area contributed by atoms with Gasteiger partial charge in [0.15, 0.2) is 0 Å². The van der Waals surface area contributed by atoms with Gasteiger partial charge in [0.2, 0.25) is 0 Å². The fourth-order valence-corrected chi connectivity index (χ4v) is 3.01. The van der Waals surface area contributed by atoms with Crippen molar-refractivity contribution in [1.82, 2.24) is 19.3 Å². The highest BCUT2D eigenvalue weighted by Crippen LogP contribution is 2.11. The SMILES string of the molecule is O=C(OCc1nccn1Cc1ccccc1)c1cccc(-n2[nH]c(=O)ccc2=O)c1. The Balaban J connectivity index is 1.48. The summed E-state index contributed by atoms with van der Waals surface area (Å²) in [6.07, 6.45) is 3.49. The van der Waals surface area contributed by atoms with Crippen LogP contribution in [0.4, 0.5) is 0 Å². The number of nitrogens with zero attached hydrogens (tertiary/aromatic N) is 3. The van der Waals surface area contributed by atoms with Crippen LogP contribution in [0, 0.1) is 0 Å². The van der Waals surface area contributed by atoms with E-state index in [4.69, 9.17) is 4.74 Å². The van der Waals surface area contributed by atoms with E-state index in [1.54, 1.807) is 24.4 Å². The van der Waals surface area contributed by atoms with Gasteiger partial charge in [0.1, 0.15) is 12.4 Å². The molecule has 0 bridgehead atoms. The van der Waals surface area contributed by atoms with Crippen molar-refractivity contribution in [3.8, 4) is 5.69 Å². The second-order valence-electron chi connectivity index (χ2n) is 6.57. The van der Waals surface area contributed by atoms with E-state index in [2.05, 4.69) is 10.1 Å². The highest BCUT2D eigenvalue weighted by molar-refractivity contribution is 5.90. The summed E-state index contributed by atoms with van der Waals surface area (Å²) in [5.41, 5.74) is 0.886. The van der Waals surface area contributed by atoms with Crippen molar-refractivity contribution in [2.45, 2.75) is 13.2 Å². The number of imidazole rings is 1. The molecule has 4 rings (SSSR count). The van der Waals surface area contributed by atoms with Gasteiger partial charge < -0.3 is 9.30 Å². The van der Waals surface area contributed by atoms with Gasteiger partial charge in [-0.3, -0.25) is 14.7 Å². The Kier molecular flexibility index (Phi) is 5.38. The van der Waals surface area contributed by atoms with Crippen LogP contribution in [0.5, 0.6) is 0 Å². The van der Waals surface area contributed by atoms with Crippen LogP contribution in [-0.2, 0) is 17.9 Å². The lowest BCUT2D eigenvalue weighted by atomic mass is 10.2. The summed E-state index contributed by atoms with van der Waals surface area (Å²) < 4.78 is 8.40. The average molecular weight is 402 g/mol. The molecule has 0 radical (unpaired) electrons. The first-order valence-electron chi connectivity index (χ1n) is 9.24. The Morgan fingerprint density at radius 3 is 2.67 bits per heavy atom. The summed E-state index contributed by atoms with van der Waals surface area (Å²) in [5, 5.41) is 2.43. The molecule has 0 aliphatic rings. The molecule has 0 spiro atoms. The predicted molar refractivity (Wildman–Crippen MR) is 110 cm³/mol. The lowest BCUT2D eigenvalue weighted by Gasteiger charge is -2.10. The molecule has 0 amide bonds. The number of hydrogen-bond donors (Lipinski definition) is 1. The largest absolute Gasteiger partial charge is 0.454 e. The van der Waals surface area contributed by atoms with Gasteiger partial charge in [-0.25, -0.2) is 14.5 Å². The van der Waals surface area contributed by atoms with Crippen molar-refractivity contribution >= 4 is 5.97 Å². The zero-order valence-corrected chi connectivity index (χ0v) is 15.9. The van der Waals surface area contributed by atoms with Crippen LogP contribution in [0.1, 0.15) is 21.7 Å². The summed E-state index contributed by atoms with van der Waals surface area (Å²) in [4.78, 5) is 40.3. The Morgan fingerprint density at radius 2 is 1.83 bits per heavy atom. The molecule has 8 heteroatoms. The molecule has 150 valence electrons. The number of nitrogens with one attached hydrogen (secondary N) is 1. The third-order valence-electron chi connectivity index (χ3n) is 4.49. The molecule has 8 nitrogen and oxygen atoms in total. The van der Waals surface area contributed by atoms with Gasteiger partial charge in [-0.1, -0.05) is 36.4 Å². The van der Waals surface area contributed by atoms with Crippen molar-refractivity contribution in [2.75, 3.05) is 0 Å². The molecular weight excluding hydrogens is 384 g/mol. The van der Waals surface area contributed by atoms with Gasteiger partial charge in [-0.2, -0.15) is 0 Å². The zero-order chi connectivity index (χ0) is 20.9. The Labute approximate surface area is 171 Å². The normalized spacial score (nSPS) is 10.7. The molecule has 0 atom stereocenters. The molecule has 2 aromatic carbocycles. The maximum Gasteiger partial charge on any atom is 0.338 e. The second-order valence-corrected chi connectivity index (χ2v) is 6.57. The quantitative estimate of drug-likeness (QED) is 0.498. The lowest BCUT2D eigenvalue weighted by molar-refractivity contribution is 0.0458. The summed E-state index contributed by atoms with van der Waals surface area (Å²) in [6, 6.07) is 18.5. The van der Waals surface area contributed by atoms with Crippen LogP contribution in [0.25, 0.3) is 5.69 Å². The third kappa shape index (κ3) is 4.27. The number of hydrogen-bond acceptors (Lipinski definition) is 5. The predicted octanol–water partition coefficient (Wildman–Crippen LogP) is 2.13. The fourth-order valence-electron chi connectivity index (χ4n) is 3.01. The van der Waals surface area contributed by atoms with E-state index < -0.39 is 17.1 Å². The number of carbonyl (C=O) groups excluding carboxylic acids is 1. The molecule has 0 aliphatic heterocycles. The minimum absolute atomic E-state index is 0.00497. The zero-order valence-electron chi connectivity index (χ0n) is 15.9. The van der Waals surface area contributed by atoms with Crippen molar-refractivity contribution in [3.63, 3.8) is 0 Å². The van der Waals surface area contributed by atoms with Crippen LogP contribution in [-0.4, -0.2) is 25.3 Å². The molecule has 0 fully saturated rings. The van der Waals surface area contributed by atoms with Crippen LogP contribution >= 0.6 is 0 Å². The molecular formula is C22H18N4O4. The van der Waals surface area contributed by atoms with E-state index in [0.717, 1.165) is 22.4 Å². The van der Waals surface area contributed by atoms with Crippen LogP contribution in [0.3, 0.4) is 0 Å². The molecule has 30 heavy (non-hydrogen) atoms. The first-order valence-corrected chi connectivity index (χ1v) is 9.24. The fraction of sp³-hybridized carbons (Fsp3) is 0.0909. The van der Waals surface area contributed by atoms with Crippen LogP contribution in [0.15, 0.2) is 88.7 Å². The minimum atomic E-state index is -0.558. The molecule has 0 unspecified atom stereocenters. The summed E-state index contributed by atoms with van der Waals surface area (Å²) in [6.45, 7) is 0.624. The van der Waals surface area contributed by atoms with Gasteiger partial charge in [-0.15, -0.1) is 0 Å². The van der Waals surface area contributed by atoms with Crippen molar-refractivity contribution in [2.24, 2.45) is 0 Å². The highest BCUT2D eigenvalue weighted by Gasteiger charge is 2.12. The molecule has 0 aliphatic carbocycles. The first kappa shape index (κ1) is 19.1. The lowest BCUT2D eigenvalue weighted by Crippen LogP contribution is -2.26. The monoisotopic (exact) mass is 402 g/mol. The van der Waals surface area contributed by atoms with Gasteiger partial charge >= 0.3 is 5.97 Å². The number of benzene rings is 2. The number of ether oxygens (including phenoxy) is 1. The van der Waals surface area contributed by atoms with E-state index in [9.17, 15) is 14.4 Å². The molecule has 2 aromatic heterocycles. The van der Waals surface area contributed by atoms with Crippen LogP contribution in [0.2, 0.25) is 0 Å². The highest BCUT2D eigenvalue weighted by atomic mass is 16.5. The number of aromatic nitrogens is 4. The van der Waals surface area contributed by atoms with E-state index in [1.165, 1.54) is 6.07 Å². The molecule has 0 saturated carbocycles. The average Bonchev–Trinajstić information content (AvgIpc) is 3.21. The maximum atomic E-state index is 12.5. The maximum absolute atomic E-state index is 12.5. The van der Waals surface area contributed by atoms with E-state index in [-0.39, 0.29) is 12.2 Å².